The van der Waals surface area contributed by atoms with Gasteiger partial charge in [-0.3, -0.25) is 4.79 Å². The van der Waals surface area contributed by atoms with E-state index in [-0.39, 0.29) is 30.3 Å². The molecule has 0 radical (unpaired) electrons. The van der Waals surface area contributed by atoms with Crippen molar-refractivity contribution in [3.05, 3.63) is 48.5 Å². The van der Waals surface area contributed by atoms with Crippen molar-refractivity contribution in [3.63, 3.8) is 0 Å². The van der Waals surface area contributed by atoms with Gasteiger partial charge >= 0.3 is 0 Å². The summed E-state index contributed by atoms with van der Waals surface area (Å²) < 4.78 is 21.1. The maximum Gasteiger partial charge on any atom is 0.237 e. The van der Waals surface area contributed by atoms with Crippen molar-refractivity contribution in [1.82, 2.24) is 14.8 Å². The molecule has 2 heterocycles. The summed E-state index contributed by atoms with van der Waals surface area (Å²) in [6, 6.07) is 11.5. The number of aromatic nitrogens is 3. The lowest BCUT2D eigenvalue weighted by Gasteiger charge is -2.22. The highest BCUT2D eigenvalue weighted by Crippen LogP contribution is 2.25. The van der Waals surface area contributed by atoms with Crippen LogP contribution < -0.4 is 4.90 Å². The first kappa shape index (κ1) is 18.7. The minimum Gasteiger partial charge on any atom is -0.461 e. The van der Waals surface area contributed by atoms with E-state index >= 15 is 0 Å². The predicted molar refractivity (Wildman–Crippen MR) is 98.4 cm³/mol. The molecule has 0 unspecified atom stereocenters. The largest absolute Gasteiger partial charge is 0.461 e. The van der Waals surface area contributed by atoms with Gasteiger partial charge in [0.1, 0.15) is 5.82 Å². The van der Waals surface area contributed by atoms with Crippen molar-refractivity contribution >= 4 is 23.4 Å². The summed E-state index contributed by atoms with van der Waals surface area (Å²) in [5, 5.41) is 17.5. The first-order valence-electron chi connectivity index (χ1n) is 8.09. The van der Waals surface area contributed by atoms with Crippen LogP contribution in [-0.4, -0.2) is 33.0 Å². The zero-order chi connectivity index (χ0) is 19.2. The molecular formula is C18H16FN5O2S. The van der Waals surface area contributed by atoms with Gasteiger partial charge in [0.25, 0.3) is 0 Å². The van der Waals surface area contributed by atoms with Crippen LogP contribution in [0.2, 0.25) is 0 Å². The van der Waals surface area contributed by atoms with Crippen LogP contribution in [-0.2, 0) is 11.8 Å². The van der Waals surface area contributed by atoms with Gasteiger partial charge in [0.05, 0.1) is 30.2 Å². The van der Waals surface area contributed by atoms with Crippen molar-refractivity contribution in [2.75, 3.05) is 17.2 Å². The molecule has 2 aromatic heterocycles. The Hall–Kier alpha value is -3.12. The first-order valence-corrected chi connectivity index (χ1v) is 9.08. The number of thioether (sulfide) groups is 1. The second kappa shape index (κ2) is 8.51. The van der Waals surface area contributed by atoms with Crippen molar-refractivity contribution in [3.8, 4) is 17.7 Å². The van der Waals surface area contributed by atoms with Crippen LogP contribution in [0.4, 0.5) is 10.1 Å². The minimum absolute atomic E-state index is 0.0316. The number of anilines is 1. The molecule has 0 aliphatic carbocycles. The van der Waals surface area contributed by atoms with Crippen molar-refractivity contribution in [1.29, 1.82) is 5.26 Å². The fraction of sp³-hybridized carbons (Fsp3) is 0.222. The molecule has 0 bridgehead atoms. The lowest BCUT2D eigenvalue weighted by molar-refractivity contribution is -0.116. The molecule has 3 rings (SSSR count). The van der Waals surface area contributed by atoms with Gasteiger partial charge in [0.2, 0.25) is 5.91 Å². The summed E-state index contributed by atoms with van der Waals surface area (Å²) in [4.78, 5) is 14.0. The summed E-state index contributed by atoms with van der Waals surface area (Å²) in [5.41, 5.74) is 0.160. The van der Waals surface area contributed by atoms with Crippen LogP contribution >= 0.6 is 11.8 Å². The Morgan fingerprint density at radius 3 is 2.85 bits per heavy atom. The van der Waals surface area contributed by atoms with Crippen molar-refractivity contribution in [2.24, 2.45) is 7.05 Å². The van der Waals surface area contributed by atoms with E-state index in [0.29, 0.717) is 16.7 Å². The summed E-state index contributed by atoms with van der Waals surface area (Å²) in [7, 11) is 1.77. The topological polar surface area (TPSA) is 88.0 Å². The zero-order valence-corrected chi connectivity index (χ0v) is 15.3. The summed E-state index contributed by atoms with van der Waals surface area (Å²) in [6.45, 7) is 0.118. The standard InChI is InChI=1S/C18H16FN5O2S/c1-23-17(15-8-4-11-26-15)21-22-18(23)27-12-16(25)24(10-5-9-20)14-7-3-2-6-13(14)19/h2-4,6-8,11H,5,10,12H2,1H3. The quantitative estimate of drug-likeness (QED) is 0.580. The second-order valence-electron chi connectivity index (χ2n) is 5.54. The van der Waals surface area contributed by atoms with Gasteiger partial charge in [-0.15, -0.1) is 10.2 Å². The number of halogens is 1. The van der Waals surface area contributed by atoms with Gasteiger partial charge in [-0.2, -0.15) is 5.26 Å². The number of hydrogen-bond acceptors (Lipinski definition) is 6. The average Bonchev–Trinajstić information content (AvgIpc) is 3.31. The lowest BCUT2D eigenvalue weighted by atomic mass is 10.2. The smallest absolute Gasteiger partial charge is 0.237 e. The Morgan fingerprint density at radius 2 is 2.15 bits per heavy atom. The number of hydrogen-bond donors (Lipinski definition) is 0. The number of rotatable bonds is 7. The third-order valence-electron chi connectivity index (χ3n) is 3.79. The number of furan rings is 1. The van der Waals surface area contributed by atoms with E-state index in [1.54, 1.807) is 42.1 Å². The third kappa shape index (κ3) is 4.17. The fourth-order valence-corrected chi connectivity index (χ4v) is 3.26. The highest BCUT2D eigenvalue weighted by atomic mass is 32.2. The Bertz CT molecular complexity index is 965. The average molecular weight is 385 g/mol. The van der Waals surface area contributed by atoms with Gasteiger partial charge in [-0.1, -0.05) is 23.9 Å². The highest BCUT2D eigenvalue weighted by Gasteiger charge is 2.20. The molecule has 1 amide bonds. The Morgan fingerprint density at radius 1 is 1.33 bits per heavy atom. The van der Waals surface area contributed by atoms with Crippen molar-refractivity contribution < 1.29 is 13.6 Å². The van der Waals surface area contributed by atoms with Crippen LogP contribution in [0, 0.1) is 17.1 Å². The maximum absolute atomic E-state index is 14.1. The summed E-state index contributed by atoms with van der Waals surface area (Å²) >= 11 is 1.19. The molecule has 0 spiro atoms. The SMILES string of the molecule is Cn1c(SCC(=O)N(CCC#N)c2ccccc2F)nnc1-c1ccco1. The molecule has 9 heteroatoms. The monoisotopic (exact) mass is 385 g/mol. The highest BCUT2D eigenvalue weighted by molar-refractivity contribution is 7.99. The minimum atomic E-state index is -0.507. The maximum atomic E-state index is 14.1. The summed E-state index contributed by atoms with van der Waals surface area (Å²) in [6.07, 6.45) is 1.65. The molecule has 0 N–H and O–H groups in total. The molecule has 0 aliphatic heterocycles. The van der Waals surface area contributed by atoms with Crippen LogP contribution in [0.5, 0.6) is 0 Å². The number of nitriles is 1. The second-order valence-corrected chi connectivity index (χ2v) is 6.48. The molecule has 3 aromatic rings. The van der Waals surface area contributed by atoms with E-state index in [2.05, 4.69) is 10.2 Å². The van der Waals surface area contributed by atoms with E-state index in [9.17, 15) is 9.18 Å². The lowest BCUT2D eigenvalue weighted by Crippen LogP contribution is -2.34. The zero-order valence-electron chi connectivity index (χ0n) is 14.5. The Labute approximate surface area is 159 Å². The molecular weight excluding hydrogens is 369 g/mol. The van der Waals surface area contributed by atoms with Gasteiger partial charge in [-0.05, 0) is 24.3 Å². The fourth-order valence-electron chi connectivity index (χ4n) is 2.48. The van der Waals surface area contributed by atoms with E-state index in [4.69, 9.17) is 9.68 Å². The van der Waals surface area contributed by atoms with E-state index < -0.39 is 5.82 Å². The van der Waals surface area contributed by atoms with Gasteiger partial charge < -0.3 is 13.9 Å². The predicted octanol–water partition coefficient (Wildman–Crippen LogP) is 3.25. The normalized spacial score (nSPS) is 10.6. The van der Waals surface area contributed by atoms with Crippen LogP contribution in [0.25, 0.3) is 11.6 Å². The van der Waals surface area contributed by atoms with Crippen LogP contribution in [0.1, 0.15) is 6.42 Å². The molecule has 138 valence electrons. The molecule has 7 nitrogen and oxygen atoms in total. The van der Waals surface area contributed by atoms with Crippen molar-refractivity contribution in [2.45, 2.75) is 11.6 Å². The van der Waals surface area contributed by atoms with Crippen LogP contribution in [0.3, 0.4) is 0 Å². The van der Waals surface area contributed by atoms with E-state index in [0.717, 1.165) is 0 Å². The van der Waals surface area contributed by atoms with E-state index in [1.165, 1.54) is 28.8 Å². The number of amides is 1. The van der Waals surface area contributed by atoms with Crippen LogP contribution in [0.15, 0.2) is 52.2 Å². The Balaban J connectivity index is 1.73. The Kier molecular flexibility index (Phi) is 5.88. The number of para-hydroxylation sites is 1. The van der Waals surface area contributed by atoms with E-state index in [1.807, 2.05) is 6.07 Å². The van der Waals surface area contributed by atoms with Gasteiger partial charge in [0, 0.05) is 13.6 Å². The first-order chi connectivity index (χ1) is 13.1. The third-order valence-corrected chi connectivity index (χ3v) is 4.80. The number of carbonyl (C=O) groups is 1. The van der Waals surface area contributed by atoms with Gasteiger partial charge in [-0.25, -0.2) is 4.39 Å². The number of benzene rings is 1. The van der Waals surface area contributed by atoms with Gasteiger partial charge in [0.15, 0.2) is 16.7 Å². The molecule has 0 saturated heterocycles. The number of nitrogens with zero attached hydrogens (tertiary/aromatic N) is 5. The number of carbonyl (C=O) groups excluding carboxylic acids is 1. The molecule has 0 fully saturated rings. The molecule has 0 aliphatic rings. The molecule has 27 heavy (non-hydrogen) atoms. The summed E-state index contributed by atoms with van der Waals surface area (Å²) in [5.74, 6) is 0.329. The molecule has 0 atom stereocenters. The molecule has 1 aromatic carbocycles. The molecule has 0 saturated carbocycles.